The fraction of sp³-hybridized carbons (Fsp3) is 0.0952. The zero-order valence-electron chi connectivity index (χ0n) is 14.7. The third kappa shape index (κ3) is 4.49. The van der Waals surface area contributed by atoms with Crippen LogP contribution in [0.25, 0.3) is 10.9 Å². The molecule has 0 amide bonds. The number of hydrogen-bond donors (Lipinski definition) is 2. The topological polar surface area (TPSA) is 72.0 Å². The molecule has 134 valence electrons. The Balaban J connectivity index is 1.35. The lowest BCUT2D eigenvalue weighted by atomic mass is 10.2. The Morgan fingerprint density at radius 1 is 0.815 bits per heavy atom. The largest absolute Gasteiger partial charge is 0.492 e. The van der Waals surface area contributed by atoms with Gasteiger partial charge in [-0.2, -0.15) is 0 Å². The zero-order valence-corrected chi connectivity index (χ0v) is 14.7. The Morgan fingerprint density at radius 2 is 1.70 bits per heavy atom. The first-order chi connectivity index (χ1) is 13.4. The first-order valence-electron chi connectivity index (χ1n) is 8.72. The van der Waals surface area contributed by atoms with Gasteiger partial charge in [0.05, 0.1) is 12.1 Å². The summed E-state index contributed by atoms with van der Waals surface area (Å²) in [5, 5.41) is 7.62. The molecule has 0 unspecified atom stereocenters. The molecule has 0 fully saturated rings. The van der Waals surface area contributed by atoms with E-state index in [0.717, 1.165) is 34.0 Å². The lowest BCUT2D eigenvalue weighted by Crippen LogP contribution is -2.12. The second kappa shape index (κ2) is 8.14. The van der Waals surface area contributed by atoms with Crippen LogP contribution in [-0.2, 0) is 0 Å². The number of aromatic nitrogens is 3. The standard InChI is InChI=1S/C21H19N5O/c1-2-6-18(7-3-1)27-12-11-23-20-14-21(25-15-24-20)26-17-8-9-19-16(13-17)5-4-10-22-19/h1-10,13-15H,11-12H2,(H2,23,24,25,26). The highest BCUT2D eigenvalue weighted by Crippen LogP contribution is 2.21. The molecule has 2 N–H and O–H groups in total. The molecular weight excluding hydrogens is 338 g/mol. The molecule has 0 aliphatic rings. The maximum absolute atomic E-state index is 5.67. The third-order valence-corrected chi connectivity index (χ3v) is 3.96. The third-order valence-electron chi connectivity index (χ3n) is 3.96. The minimum atomic E-state index is 0.550. The number of para-hydroxylation sites is 1. The number of anilines is 3. The Bertz CT molecular complexity index is 1020. The van der Waals surface area contributed by atoms with Crippen molar-refractivity contribution in [3.8, 4) is 5.75 Å². The van der Waals surface area contributed by atoms with Crippen molar-refractivity contribution in [2.24, 2.45) is 0 Å². The summed E-state index contributed by atoms with van der Waals surface area (Å²) in [5.41, 5.74) is 1.92. The van der Waals surface area contributed by atoms with Crippen molar-refractivity contribution in [3.63, 3.8) is 0 Å². The molecule has 4 rings (SSSR count). The summed E-state index contributed by atoms with van der Waals surface area (Å²) in [6.07, 6.45) is 3.32. The van der Waals surface area contributed by atoms with Crippen LogP contribution in [0.4, 0.5) is 17.3 Å². The normalized spacial score (nSPS) is 10.5. The van der Waals surface area contributed by atoms with E-state index in [9.17, 15) is 0 Å². The van der Waals surface area contributed by atoms with Gasteiger partial charge in [-0.15, -0.1) is 0 Å². The Morgan fingerprint density at radius 3 is 2.63 bits per heavy atom. The van der Waals surface area contributed by atoms with Crippen LogP contribution in [0.15, 0.2) is 79.3 Å². The van der Waals surface area contributed by atoms with Crippen LogP contribution in [0.2, 0.25) is 0 Å². The number of nitrogens with one attached hydrogen (secondary N) is 2. The summed E-state index contributed by atoms with van der Waals surface area (Å²) >= 11 is 0. The highest BCUT2D eigenvalue weighted by molar-refractivity contribution is 5.83. The first-order valence-corrected chi connectivity index (χ1v) is 8.72. The summed E-state index contributed by atoms with van der Waals surface area (Å²) in [4.78, 5) is 12.9. The van der Waals surface area contributed by atoms with E-state index >= 15 is 0 Å². The lowest BCUT2D eigenvalue weighted by Gasteiger charge is -2.10. The average molecular weight is 357 g/mol. The summed E-state index contributed by atoms with van der Waals surface area (Å²) in [7, 11) is 0. The number of nitrogens with zero attached hydrogens (tertiary/aromatic N) is 3. The predicted octanol–water partition coefficient (Wildman–Crippen LogP) is 4.26. The number of ether oxygens (including phenoxy) is 1. The van der Waals surface area contributed by atoms with E-state index in [2.05, 4.69) is 25.6 Å². The number of rotatable bonds is 7. The Hall–Kier alpha value is -3.67. The molecule has 27 heavy (non-hydrogen) atoms. The Labute approximate surface area is 157 Å². The maximum Gasteiger partial charge on any atom is 0.135 e. The molecule has 0 radical (unpaired) electrons. The predicted molar refractivity (Wildman–Crippen MR) is 107 cm³/mol. The van der Waals surface area contributed by atoms with Crippen LogP contribution in [0.1, 0.15) is 0 Å². The van der Waals surface area contributed by atoms with Gasteiger partial charge in [0.15, 0.2) is 0 Å². The second-order valence-electron chi connectivity index (χ2n) is 5.91. The van der Waals surface area contributed by atoms with Gasteiger partial charge in [-0.1, -0.05) is 24.3 Å². The average Bonchev–Trinajstić information content (AvgIpc) is 2.72. The molecule has 0 spiro atoms. The molecule has 0 bridgehead atoms. The molecule has 0 saturated heterocycles. The zero-order chi connectivity index (χ0) is 18.3. The van der Waals surface area contributed by atoms with Crippen molar-refractivity contribution in [2.45, 2.75) is 0 Å². The van der Waals surface area contributed by atoms with Crippen molar-refractivity contribution in [3.05, 3.63) is 79.3 Å². The molecule has 0 atom stereocenters. The van der Waals surface area contributed by atoms with E-state index in [1.165, 1.54) is 6.33 Å². The van der Waals surface area contributed by atoms with Crippen molar-refractivity contribution in [1.29, 1.82) is 0 Å². The van der Waals surface area contributed by atoms with Gasteiger partial charge >= 0.3 is 0 Å². The molecule has 6 heteroatoms. The van der Waals surface area contributed by atoms with Crippen molar-refractivity contribution in [1.82, 2.24) is 15.0 Å². The minimum absolute atomic E-state index is 0.550. The number of pyridine rings is 1. The van der Waals surface area contributed by atoms with E-state index in [0.29, 0.717) is 13.2 Å². The van der Waals surface area contributed by atoms with Gasteiger partial charge in [0.25, 0.3) is 0 Å². The molecule has 0 aliphatic carbocycles. The van der Waals surface area contributed by atoms with Gasteiger partial charge in [-0.25, -0.2) is 9.97 Å². The van der Waals surface area contributed by atoms with E-state index < -0.39 is 0 Å². The van der Waals surface area contributed by atoms with E-state index in [1.807, 2.05) is 66.7 Å². The van der Waals surface area contributed by atoms with Crippen LogP contribution < -0.4 is 15.4 Å². The molecule has 2 aromatic heterocycles. The number of benzene rings is 2. The van der Waals surface area contributed by atoms with Crippen LogP contribution in [0, 0.1) is 0 Å². The lowest BCUT2D eigenvalue weighted by molar-refractivity contribution is 0.333. The molecule has 2 aromatic carbocycles. The molecule has 2 heterocycles. The SMILES string of the molecule is c1ccc(OCCNc2cc(Nc3ccc4ncccc4c3)ncn2)cc1. The number of fused-ring (bicyclic) bond motifs is 1. The quantitative estimate of drug-likeness (QED) is 0.482. The maximum atomic E-state index is 5.67. The number of hydrogen-bond acceptors (Lipinski definition) is 6. The van der Waals surface area contributed by atoms with Gasteiger partial charge in [0, 0.05) is 23.3 Å². The van der Waals surface area contributed by atoms with E-state index in [-0.39, 0.29) is 0 Å². The molecule has 6 nitrogen and oxygen atoms in total. The highest BCUT2D eigenvalue weighted by atomic mass is 16.5. The highest BCUT2D eigenvalue weighted by Gasteiger charge is 2.02. The monoisotopic (exact) mass is 357 g/mol. The fourth-order valence-electron chi connectivity index (χ4n) is 2.69. The Kier molecular flexibility index (Phi) is 5.06. The van der Waals surface area contributed by atoms with Gasteiger partial charge in [-0.3, -0.25) is 4.98 Å². The van der Waals surface area contributed by atoms with Crippen LogP contribution >= 0.6 is 0 Å². The van der Waals surface area contributed by atoms with Crippen LogP contribution in [0.3, 0.4) is 0 Å². The van der Waals surface area contributed by atoms with Crippen LogP contribution in [-0.4, -0.2) is 28.1 Å². The molecule has 0 aliphatic heterocycles. The van der Waals surface area contributed by atoms with E-state index in [1.54, 1.807) is 6.20 Å². The summed E-state index contributed by atoms with van der Waals surface area (Å²) in [5.74, 6) is 2.32. The fourth-order valence-corrected chi connectivity index (χ4v) is 2.69. The molecular formula is C21H19N5O. The van der Waals surface area contributed by atoms with Gasteiger partial charge in [0.1, 0.15) is 30.3 Å². The van der Waals surface area contributed by atoms with Crippen molar-refractivity contribution >= 4 is 28.2 Å². The van der Waals surface area contributed by atoms with Crippen molar-refractivity contribution in [2.75, 3.05) is 23.8 Å². The smallest absolute Gasteiger partial charge is 0.135 e. The van der Waals surface area contributed by atoms with Gasteiger partial charge in [-0.05, 0) is 36.4 Å². The summed E-state index contributed by atoms with van der Waals surface area (Å²) in [6.45, 7) is 1.20. The molecule has 4 aromatic rings. The second-order valence-corrected chi connectivity index (χ2v) is 5.91. The van der Waals surface area contributed by atoms with Gasteiger partial charge < -0.3 is 15.4 Å². The van der Waals surface area contributed by atoms with Gasteiger partial charge in [0.2, 0.25) is 0 Å². The summed E-state index contributed by atoms with van der Waals surface area (Å²) in [6, 6.07) is 21.6. The van der Waals surface area contributed by atoms with Crippen molar-refractivity contribution < 1.29 is 4.74 Å². The molecule has 0 saturated carbocycles. The van der Waals surface area contributed by atoms with E-state index in [4.69, 9.17) is 4.74 Å². The first kappa shape index (κ1) is 16.8. The summed E-state index contributed by atoms with van der Waals surface area (Å²) < 4.78 is 5.67. The minimum Gasteiger partial charge on any atom is -0.492 e. The van der Waals surface area contributed by atoms with Crippen LogP contribution in [0.5, 0.6) is 5.75 Å².